The number of hydrogen-bond acceptors (Lipinski definition) is 5. The molecule has 0 radical (unpaired) electrons. The fourth-order valence-electron chi connectivity index (χ4n) is 4.95. The van der Waals surface area contributed by atoms with Crippen molar-refractivity contribution in [2.45, 2.75) is 72.6 Å². The number of allylic oxidation sites excluding steroid dienone is 2. The molecule has 1 saturated carbocycles. The quantitative estimate of drug-likeness (QED) is 0.622. The van der Waals surface area contributed by atoms with Crippen molar-refractivity contribution in [2.75, 3.05) is 6.61 Å². The molecule has 5 nitrogen and oxygen atoms in total. The van der Waals surface area contributed by atoms with Crippen LogP contribution in [-0.4, -0.2) is 29.1 Å². The van der Waals surface area contributed by atoms with E-state index in [4.69, 9.17) is 4.74 Å². The maximum absolute atomic E-state index is 13.2. The molecule has 2 aliphatic carbocycles. The summed E-state index contributed by atoms with van der Waals surface area (Å²) in [6.45, 7) is 10.3. The van der Waals surface area contributed by atoms with E-state index in [1.54, 1.807) is 12.1 Å². The van der Waals surface area contributed by atoms with E-state index in [1.807, 2.05) is 46.8 Å². The zero-order valence-electron chi connectivity index (χ0n) is 19.3. The number of aliphatic hydroxyl groups excluding tert-OH is 1. The molecular formula is C26H34O5. The van der Waals surface area contributed by atoms with Crippen molar-refractivity contribution in [3.8, 4) is 5.75 Å². The number of carbonyl (C=O) groups is 3. The largest absolute Gasteiger partial charge is 0.512 e. The van der Waals surface area contributed by atoms with Crippen molar-refractivity contribution in [1.82, 2.24) is 0 Å². The van der Waals surface area contributed by atoms with Crippen molar-refractivity contribution in [1.29, 1.82) is 0 Å². The van der Waals surface area contributed by atoms with E-state index in [0.717, 1.165) is 6.42 Å². The lowest BCUT2D eigenvalue weighted by Crippen LogP contribution is -2.43. The number of benzene rings is 1. The number of ether oxygens (including phenoxy) is 1. The Morgan fingerprint density at radius 3 is 2.00 bits per heavy atom. The highest BCUT2D eigenvalue weighted by molar-refractivity contribution is 6.09. The Kier molecular flexibility index (Phi) is 6.45. The van der Waals surface area contributed by atoms with Crippen LogP contribution in [0.5, 0.6) is 5.75 Å². The predicted molar refractivity (Wildman–Crippen MR) is 119 cm³/mol. The predicted octanol–water partition coefficient (Wildman–Crippen LogP) is 5.33. The fourth-order valence-corrected chi connectivity index (χ4v) is 4.95. The zero-order chi connectivity index (χ0) is 23.0. The average molecular weight is 427 g/mol. The summed E-state index contributed by atoms with van der Waals surface area (Å²) in [7, 11) is 0. The normalized spacial score (nSPS) is 22.5. The molecular weight excluding hydrogens is 392 g/mol. The maximum atomic E-state index is 13.2. The summed E-state index contributed by atoms with van der Waals surface area (Å²) in [5.41, 5.74) is 0.176. The van der Waals surface area contributed by atoms with Crippen LogP contribution in [0.2, 0.25) is 0 Å². The van der Waals surface area contributed by atoms with Gasteiger partial charge < -0.3 is 9.84 Å². The van der Waals surface area contributed by atoms with Crippen molar-refractivity contribution in [3.05, 3.63) is 41.2 Å². The van der Waals surface area contributed by atoms with Gasteiger partial charge in [-0.3, -0.25) is 14.4 Å². The molecule has 3 rings (SSSR count). The van der Waals surface area contributed by atoms with Gasteiger partial charge in [0.25, 0.3) is 0 Å². The molecule has 0 heterocycles. The van der Waals surface area contributed by atoms with Gasteiger partial charge in [0.15, 0.2) is 5.78 Å². The molecule has 1 aromatic rings. The third-order valence-electron chi connectivity index (χ3n) is 6.25. The summed E-state index contributed by atoms with van der Waals surface area (Å²) >= 11 is 0. The van der Waals surface area contributed by atoms with Gasteiger partial charge in [-0.2, -0.15) is 0 Å². The van der Waals surface area contributed by atoms with Crippen LogP contribution >= 0.6 is 0 Å². The van der Waals surface area contributed by atoms with E-state index in [1.165, 1.54) is 0 Å². The van der Waals surface area contributed by atoms with Gasteiger partial charge in [-0.05, 0) is 34.9 Å². The summed E-state index contributed by atoms with van der Waals surface area (Å²) < 4.78 is 5.66. The van der Waals surface area contributed by atoms with E-state index in [9.17, 15) is 19.5 Å². The molecule has 1 N–H and O–H groups in total. The molecule has 1 fully saturated rings. The lowest BCUT2D eigenvalue weighted by molar-refractivity contribution is -0.140. The van der Waals surface area contributed by atoms with E-state index < -0.39 is 11.8 Å². The van der Waals surface area contributed by atoms with Gasteiger partial charge in [0, 0.05) is 37.2 Å². The van der Waals surface area contributed by atoms with Crippen LogP contribution in [0.25, 0.3) is 0 Å². The molecule has 0 amide bonds. The molecule has 1 aromatic carbocycles. The summed E-state index contributed by atoms with van der Waals surface area (Å²) in [6, 6.07) is 7.22. The number of rotatable bonds is 6. The molecule has 0 unspecified atom stereocenters. The minimum Gasteiger partial charge on any atom is -0.512 e. The Bertz CT molecular complexity index is 884. The van der Waals surface area contributed by atoms with Gasteiger partial charge in [0.2, 0.25) is 0 Å². The second-order valence-electron chi connectivity index (χ2n) is 10.6. The van der Waals surface area contributed by atoms with Gasteiger partial charge in [-0.25, -0.2) is 0 Å². The molecule has 2 aliphatic rings. The number of hydrogen-bond donors (Lipinski definition) is 1. The van der Waals surface area contributed by atoms with Crippen LogP contribution in [0.15, 0.2) is 35.6 Å². The van der Waals surface area contributed by atoms with Crippen LogP contribution in [0.1, 0.15) is 78.2 Å². The van der Waals surface area contributed by atoms with Crippen molar-refractivity contribution >= 4 is 17.3 Å². The molecule has 31 heavy (non-hydrogen) atoms. The summed E-state index contributed by atoms with van der Waals surface area (Å²) in [5, 5.41) is 10.9. The minimum atomic E-state index is -0.947. The highest BCUT2D eigenvalue weighted by Crippen LogP contribution is 2.47. The first-order chi connectivity index (χ1) is 14.4. The lowest BCUT2D eigenvalue weighted by atomic mass is 9.62. The van der Waals surface area contributed by atoms with Crippen molar-refractivity contribution in [3.63, 3.8) is 0 Å². The van der Waals surface area contributed by atoms with Crippen LogP contribution < -0.4 is 4.74 Å². The Labute approximate surface area is 184 Å². The molecule has 0 bridgehead atoms. The Balaban J connectivity index is 2.08. The van der Waals surface area contributed by atoms with Crippen LogP contribution in [0, 0.1) is 16.7 Å². The Morgan fingerprint density at radius 1 is 0.935 bits per heavy atom. The lowest BCUT2D eigenvalue weighted by Gasteiger charge is -2.39. The highest BCUT2D eigenvalue weighted by atomic mass is 16.5. The van der Waals surface area contributed by atoms with E-state index in [-0.39, 0.29) is 58.8 Å². The second-order valence-corrected chi connectivity index (χ2v) is 10.6. The SMILES string of the molecule is CCCOc1ccc([C@@H](C2=C(O)CC(C)(C)CC2=O)C2C(=O)CC(C)(C)CC2=O)cc1. The number of carbonyl (C=O) groups excluding carboxylic acids is 3. The molecule has 168 valence electrons. The summed E-state index contributed by atoms with van der Waals surface area (Å²) in [6.07, 6.45) is 2.08. The van der Waals surface area contributed by atoms with Crippen molar-refractivity contribution in [2.24, 2.45) is 16.7 Å². The van der Waals surface area contributed by atoms with Crippen LogP contribution in [0.4, 0.5) is 0 Å². The highest BCUT2D eigenvalue weighted by Gasteiger charge is 2.48. The second kappa shape index (κ2) is 8.60. The van der Waals surface area contributed by atoms with Gasteiger partial charge in [-0.1, -0.05) is 46.8 Å². The van der Waals surface area contributed by atoms with Crippen LogP contribution in [0.3, 0.4) is 0 Å². The Hall–Kier alpha value is -2.43. The topological polar surface area (TPSA) is 80.7 Å². The van der Waals surface area contributed by atoms with Gasteiger partial charge in [0.05, 0.1) is 12.5 Å². The molecule has 0 aliphatic heterocycles. The molecule has 0 spiro atoms. The third kappa shape index (κ3) is 5.08. The number of ketones is 3. The molecule has 5 heteroatoms. The van der Waals surface area contributed by atoms with Gasteiger partial charge in [-0.15, -0.1) is 0 Å². The van der Waals surface area contributed by atoms with E-state index in [0.29, 0.717) is 24.3 Å². The van der Waals surface area contributed by atoms with Gasteiger partial charge in [0.1, 0.15) is 23.1 Å². The fraction of sp³-hybridized carbons (Fsp3) is 0.577. The van der Waals surface area contributed by atoms with E-state index in [2.05, 4.69) is 0 Å². The molecule has 1 atom stereocenters. The average Bonchev–Trinajstić information content (AvgIpc) is 2.62. The zero-order valence-corrected chi connectivity index (χ0v) is 19.3. The molecule has 0 aromatic heterocycles. The van der Waals surface area contributed by atoms with Crippen molar-refractivity contribution < 1.29 is 24.2 Å². The van der Waals surface area contributed by atoms with E-state index >= 15 is 0 Å². The van der Waals surface area contributed by atoms with Gasteiger partial charge >= 0.3 is 0 Å². The minimum absolute atomic E-state index is 0.00277. The number of Topliss-reactive ketones (excluding diaryl/α,β-unsaturated/α-hetero) is 3. The third-order valence-corrected chi connectivity index (χ3v) is 6.25. The first-order valence-electron chi connectivity index (χ1n) is 11.2. The smallest absolute Gasteiger partial charge is 0.163 e. The maximum Gasteiger partial charge on any atom is 0.163 e. The standard InChI is InChI=1S/C26H34O5/c1-6-11-31-17-9-7-16(8-10-17)22(23-18(27)12-25(2,3)13-19(23)28)24-20(29)14-26(4,5)15-21(24)30/h7-10,22-23,29H,6,11-15H2,1-5H3/t22-/m1/s1. The first-order valence-corrected chi connectivity index (χ1v) is 11.2. The monoisotopic (exact) mass is 426 g/mol. The summed E-state index contributed by atoms with van der Waals surface area (Å²) in [5.74, 6) is -1.51. The number of aliphatic hydroxyl groups is 1. The van der Waals surface area contributed by atoms with Crippen LogP contribution in [-0.2, 0) is 14.4 Å². The first kappa shape index (κ1) is 23.2. The Morgan fingerprint density at radius 2 is 1.48 bits per heavy atom. The summed E-state index contributed by atoms with van der Waals surface area (Å²) in [4.78, 5) is 39.5. The molecule has 0 saturated heterocycles.